The standard InChI is InChI=1S/C13H26N2O/c1-4-10(2)11(3)15-13(16)9-14-12-7-5-6-8-12/h10-12,14H,4-9H2,1-3H3,(H,15,16). The van der Waals surface area contributed by atoms with Gasteiger partial charge < -0.3 is 10.6 Å². The van der Waals surface area contributed by atoms with Gasteiger partial charge in [-0.25, -0.2) is 0 Å². The molecule has 2 unspecified atom stereocenters. The van der Waals surface area contributed by atoms with Crippen molar-refractivity contribution in [2.45, 2.75) is 65.0 Å². The Bertz CT molecular complexity index is 212. The van der Waals surface area contributed by atoms with Crippen LogP contribution in [0, 0.1) is 5.92 Å². The first-order chi connectivity index (χ1) is 7.63. The molecule has 0 aromatic heterocycles. The Kier molecular flexibility index (Phi) is 5.81. The Morgan fingerprint density at radius 2 is 1.94 bits per heavy atom. The summed E-state index contributed by atoms with van der Waals surface area (Å²) in [7, 11) is 0. The molecule has 2 atom stereocenters. The summed E-state index contributed by atoms with van der Waals surface area (Å²) in [6.07, 6.45) is 6.19. The second-order valence-corrected chi connectivity index (χ2v) is 5.10. The van der Waals surface area contributed by atoms with E-state index in [0.717, 1.165) is 6.42 Å². The lowest BCUT2D eigenvalue weighted by Crippen LogP contribution is -2.43. The highest BCUT2D eigenvalue weighted by molar-refractivity contribution is 5.78. The van der Waals surface area contributed by atoms with E-state index in [0.29, 0.717) is 18.5 Å². The van der Waals surface area contributed by atoms with Gasteiger partial charge in [0.1, 0.15) is 0 Å². The lowest BCUT2D eigenvalue weighted by atomic mass is 10.0. The third-order valence-corrected chi connectivity index (χ3v) is 3.79. The molecule has 0 spiro atoms. The highest BCUT2D eigenvalue weighted by Crippen LogP contribution is 2.17. The second-order valence-electron chi connectivity index (χ2n) is 5.10. The molecule has 0 heterocycles. The first-order valence-corrected chi connectivity index (χ1v) is 6.66. The average Bonchev–Trinajstić information content (AvgIpc) is 2.78. The SMILES string of the molecule is CCC(C)C(C)NC(=O)CNC1CCCC1. The summed E-state index contributed by atoms with van der Waals surface area (Å²) >= 11 is 0. The third-order valence-electron chi connectivity index (χ3n) is 3.79. The Morgan fingerprint density at radius 3 is 2.50 bits per heavy atom. The topological polar surface area (TPSA) is 41.1 Å². The molecule has 1 rings (SSSR count). The fourth-order valence-corrected chi connectivity index (χ4v) is 2.17. The van der Waals surface area contributed by atoms with Gasteiger partial charge in [0.15, 0.2) is 0 Å². The van der Waals surface area contributed by atoms with Gasteiger partial charge >= 0.3 is 0 Å². The number of hydrogen-bond acceptors (Lipinski definition) is 2. The molecule has 0 saturated heterocycles. The van der Waals surface area contributed by atoms with E-state index in [1.807, 2.05) is 0 Å². The second kappa shape index (κ2) is 6.89. The van der Waals surface area contributed by atoms with Crippen LogP contribution in [0.15, 0.2) is 0 Å². The molecule has 1 saturated carbocycles. The first-order valence-electron chi connectivity index (χ1n) is 6.66. The quantitative estimate of drug-likeness (QED) is 0.728. The minimum atomic E-state index is 0.139. The maximum atomic E-state index is 11.7. The summed E-state index contributed by atoms with van der Waals surface area (Å²) in [6, 6.07) is 0.854. The van der Waals surface area contributed by atoms with Crippen molar-refractivity contribution in [2.24, 2.45) is 5.92 Å². The van der Waals surface area contributed by atoms with Crippen LogP contribution < -0.4 is 10.6 Å². The molecule has 2 N–H and O–H groups in total. The molecule has 0 aromatic carbocycles. The van der Waals surface area contributed by atoms with Crippen LogP contribution in [0.25, 0.3) is 0 Å². The van der Waals surface area contributed by atoms with Crippen LogP contribution in [-0.4, -0.2) is 24.5 Å². The normalized spacial score (nSPS) is 20.7. The van der Waals surface area contributed by atoms with Gasteiger partial charge in [0, 0.05) is 12.1 Å². The van der Waals surface area contributed by atoms with Crippen molar-refractivity contribution in [1.29, 1.82) is 0 Å². The van der Waals surface area contributed by atoms with Crippen molar-refractivity contribution < 1.29 is 4.79 Å². The Balaban J connectivity index is 2.14. The van der Waals surface area contributed by atoms with Crippen molar-refractivity contribution >= 4 is 5.91 Å². The zero-order chi connectivity index (χ0) is 12.0. The zero-order valence-electron chi connectivity index (χ0n) is 10.9. The Hall–Kier alpha value is -0.570. The van der Waals surface area contributed by atoms with Gasteiger partial charge in [-0.05, 0) is 25.7 Å². The maximum Gasteiger partial charge on any atom is 0.234 e. The smallest absolute Gasteiger partial charge is 0.234 e. The van der Waals surface area contributed by atoms with Gasteiger partial charge in [0.25, 0.3) is 0 Å². The predicted octanol–water partition coefficient (Wildman–Crippen LogP) is 2.07. The summed E-state index contributed by atoms with van der Waals surface area (Å²) in [4.78, 5) is 11.7. The van der Waals surface area contributed by atoms with E-state index in [9.17, 15) is 4.79 Å². The molecule has 1 aliphatic carbocycles. The van der Waals surface area contributed by atoms with E-state index < -0.39 is 0 Å². The van der Waals surface area contributed by atoms with Crippen LogP contribution in [0.5, 0.6) is 0 Å². The minimum absolute atomic E-state index is 0.139. The highest BCUT2D eigenvalue weighted by atomic mass is 16.1. The van der Waals surface area contributed by atoms with E-state index in [-0.39, 0.29) is 11.9 Å². The van der Waals surface area contributed by atoms with Crippen molar-refractivity contribution in [1.82, 2.24) is 10.6 Å². The largest absolute Gasteiger partial charge is 0.352 e. The van der Waals surface area contributed by atoms with Gasteiger partial charge in [-0.3, -0.25) is 4.79 Å². The summed E-state index contributed by atoms with van der Waals surface area (Å²) in [6.45, 7) is 6.90. The first kappa shape index (κ1) is 13.5. The summed E-state index contributed by atoms with van der Waals surface area (Å²) in [5, 5.41) is 6.38. The van der Waals surface area contributed by atoms with Gasteiger partial charge in [-0.2, -0.15) is 0 Å². The molecular weight excluding hydrogens is 200 g/mol. The van der Waals surface area contributed by atoms with Gasteiger partial charge in [0.2, 0.25) is 5.91 Å². The predicted molar refractivity (Wildman–Crippen MR) is 67.3 cm³/mol. The van der Waals surface area contributed by atoms with Crippen LogP contribution >= 0.6 is 0 Å². The number of hydrogen-bond donors (Lipinski definition) is 2. The third kappa shape index (κ3) is 4.52. The average molecular weight is 226 g/mol. The van der Waals surface area contributed by atoms with E-state index in [1.165, 1.54) is 25.7 Å². The number of nitrogens with one attached hydrogen (secondary N) is 2. The van der Waals surface area contributed by atoms with Crippen molar-refractivity contribution in [3.8, 4) is 0 Å². The molecule has 1 fully saturated rings. The molecule has 0 aromatic rings. The van der Waals surface area contributed by atoms with Gasteiger partial charge in [-0.15, -0.1) is 0 Å². The molecule has 94 valence electrons. The summed E-state index contributed by atoms with van der Waals surface area (Å²) < 4.78 is 0. The van der Waals surface area contributed by atoms with Crippen molar-refractivity contribution in [3.05, 3.63) is 0 Å². The fraction of sp³-hybridized carbons (Fsp3) is 0.923. The summed E-state index contributed by atoms with van der Waals surface area (Å²) in [5.41, 5.74) is 0. The Labute approximate surface area is 99.4 Å². The van der Waals surface area contributed by atoms with Crippen molar-refractivity contribution in [2.75, 3.05) is 6.54 Å². The molecule has 0 radical (unpaired) electrons. The number of amides is 1. The van der Waals surface area contributed by atoms with Crippen LogP contribution in [0.3, 0.4) is 0 Å². The molecule has 16 heavy (non-hydrogen) atoms. The van der Waals surface area contributed by atoms with Crippen LogP contribution in [0.2, 0.25) is 0 Å². The molecule has 0 bridgehead atoms. The van der Waals surface area contributed by atoms with E-state index in [4.69, 9.17) is 0 Å². The van der Waals surface area contributed by atoms with Crippen LogP contribution in [-0.2, 0) is 4.79 Å². The lowest BCUT2D eigenvalue weighted by molar-refractivity contribution is -0.121. The van der Waals surface area contributed by atoms with Crippen LogP contribution in [0.1, 0.15) is 52.9 Å². The number of carbonyl (C=O) groups excluding carboxylic acids is 1. The van der Waals surface area contributed by atoms with Crippen molar-refractivity contribution in [3.63, 3.8) is 0 Å². The summed E-state index contributed by atoms with van der Waals surface area (Å²) in [5.74, 6) is 0.690. The molecule has 3 nitrogen and oxygen atoms in total. The highest BCUT2D eigenvalue weighted by Gasteiger charge is 2.17. The molecular formula is C13H26N2O. The monoisotopic (exact) mass is 226 g/mol. The molecule has 0 aliphatic heterocycles. The van der Waals surface area contributed by atoms with Crippen LogP contribution in [0.4, 0.5) is 0 Å². The minimum Gasteiger partial charge on any atom is -0.352 e. The lowest BCUT2D eigenvalue weighted by Gasteiger charge is -2.20. The van der Waals surface area contributed by atoms with E-state index in [2.05, 4.69) is 31.4 Å². The van der Waals surface area contributed by atoms with E-state index >= 15 is 0 Å². The van der Waals surface area contributed by atoms with E-state index in [1.54, 1.807) is 0 Å². The zero-order valence-corrected chi connectivity index (χ0v) is 10.9. The molecule has 1 aliphatic rings. The molecule has 1 amide bonds. The number of rotatable bonds is 6. The molecule has 3 heteroatoms. The van der Waals surface area contributed by atoms with Gasteiger partial charge in [0.05, 0.1) is 6.54 Å². The number of carbonyl (C=O) groups is 1. The fourth-order valence-electron chi connectivity index (χ4n) is 2.17. The van der Waals surface area contributed by atoms with Gasteiger partial charge in [-0.1, -0.05) is 33.1 Å². The maximum absolute atomic E-state index is 11.7. The Morgan fingerprint density at radius 1 is 1.31 bits per heavy atom.